The molecule has 0 aromatic carbocycles. The van der Waals surface area contributed by atoms with Gasteiger partial charge in [0.1, 0.15) is 0 Å². The summed E-state index contributed by atoms with van der Waals surface area (Å²) in [5, 5.41) is 3.09. The van der Waals surface area contributed by atoms with Gasteiger partial charge in [0.05, 0.1) is 12.5 Å². The number of methoxy groups -OCH3 is 1. The molecule has 21 heavy (non-hydrogen) atoms. The Morgan fingerprint density at radius 2 is 2.00 bits per heavy atom. The summed E-state index contributed by atoms with van der Waals surface area (Å²) in [6.07, 6.45) is 4.82. The fraction of sp³-hybridized carbons (Fsp3) is 0.929. The SMILES string of the molecule is CCCCN1CCC(NC(=O)CC(CN)OC)CC1.Cl.Cl. The molecule has 0 aliphatic carbocycles. The molecule has 7 heteroatoms. The van der Waals surface area contributed by atoms with Gasteiger partial charge in [0.15, 0.2) is 0 Å². The van der Waals surface area contributed by atoms with E-state index in [-0.39, 0.29) is 36.8 Å². The smallest absolute Gasteiger partial charge is 0.222 e. The van der Waals surface area contributed by atoms with Gasteiger partial charge in [-0.15, -0.1) is 24.8 Å². The van der Waals surface area contributed by atoms with E-state index in [2.05, 4.69) is 17.1 Å². The van der Waals surface area contributed by atoms with Crippen molar-refractivity contribution in [2.75, 3.05) is 33.3 Å². The van der Waals surface area contributed by atoms with Gasteiger partial charge in [-0.05, 0) is 25.8 Å². The van der Waals surface area contributed by atoms with Crippen molar-refractivity contribution in [3.8, 4) is 0 Å². The van der Waals surface area contributed by atoms with E-state index in [4.69, 9.17) is 10.5 Å². The van der Waals surface area contributed by atoms with E-state index >= 15 is 0 Å². The van der Waals surface area contributed by atoms with Crippen LogP contribution >= 0.6 is 24.8 Å². The van der Waals surface area contributed by atoms with Crippen molar-refractivity contribution in [3.63, 3.8) is 0 Å². The quantitative estimate of drug-likeness (QED) is 0.702. The molecular weight excluding hydrogens is 313 g/mol. The highest BCUT2D eigenvalue weighted by Gasteiger charge is 2.21. The van der Waals surface area contributed by atoms with Crippen LogP contribution in [0.15, 0.2) is 0 Å². The fourth-order valence-electron chi connectivity index (χ4n) is 2.44. The first-order chi connectivity index (χ1) is 9.19. The third kappa shape index (κ3) is 9.53. The van der Waals surface area contributed by atoms with Crippen LogP contribution in [0.25, 0.3) is 0 Å². The van der Waals surface area contributed by atoms with Gasteiger partial charge in [-0.2, -0.15) is 0 Å². The molecule has 5 nitrogen and oxygen atoms in total. The number of ether oxygens (including phenoxy) is 1. The highest BCUT2D eigenvalue weighted by atomic mass is 35.5. The number of hydrogen-bond acceptors (Lipinski definition) is 4. The van der Waals surface area contributed by atoms with Crippen molar-refractivity contribution >= 4 is 30.7 Å². The van der Waals surface area contributed by atoms with Crippen LogP contribution in [0.4, 0.5) is 0 Å². The summed E-state index contributed by atoms with van der Waals surface area (Å²) < 4.78 is 5.13. The van der Waals surface area contributed by atoms with Crippen LogP contribution in [0.3, 0.4) is 0 Å². The molecule has 0 radical (unpaired) electrons. The van der Waals surface area contributed by atoms with Crippen LogP contribution in [-0.4, -0.2) is 56.2 Å². The van der Waals surface area contributed by atoms with Crippen molar-refractivity contribution in [1.82, 2.24) is 10.2 Å². The van der Waals surface area contributed by atoms with Crippen molar-refractivity contribution < 1.29 is 9.53 Å². The lowest BCUT2D eigenvalue weighted by Gasteiger charge is -2.32. The van der Waals surface area contributed by atoms with Crippen LogP contribution in [-0.2, 0) is 9.53 Å². The summed E-state index contributed by atoms with van der Waals surface area (Å²) in [5.41, 5.74) is 5.52. The van der Waals surface area contributed by atoms with E-state index in [1.165, 1.54) is 19.4 Å². The van der Waals surface area contributed by atoms with E-state index < -0.39 is 0 Å². The second-order valence-corrected chi connectivity index (χ2v) is 5.33. The van der Waals surface area contributed by atoms with Crippen LogP contribution in [0.1, 0.15) is 39.0 Å². The number of halogens is 2. The minimum atomic E-state index is -0.162. The number of carbonyl (C=O) groups is 1. The minimum Gasteiger partial charge on any atom is -0.380 e. The van der Waals surface area contributed by atoms with E-state index in [9.17, 15) is 4.79 Å². The maximum Gasteiger partial charge on any atom is 0.222 e. The molecule has 0 aromatic heterocycles. The molecule has 1 atom stereocenters. The lowest BCUT2D eigenvalue weighted by atomic mass is 10.0. The summed E-state index contributed by atoms with van der Waals surface area (Å²) in [6.45, 7) is 5.98. The van der Waals surface area contributed by atoms with Crippen molar-refractivity contribution in [2.24, 2.45) is 5.73 Å². The minimum absolute atomic E-state index is 0. The summed E-state index contributed by atoms with van der Waals surface area (Å²) in [4.78, 5) is 14.3. The van der Waals surface area contributed by atoms with Crippen LogP contribution in [0.2, 0.25) is 0 Å². The molecule has 0 saturated carbocycles. The third-order valence-electron chi connectivity index (χ3n) is 3.79. The monoisotopic (exact) mass is 343 g/mol. The molecule has 0 bridgehead atoms. The molecule has 1 rings (SSSR count). The van der Waals surface area contributed by atoms with Crippen molar-refractivity contribution in [2.45, 2.75) is 51.2 Å². The predicted octanol–water partition coefficient (Wildman–Crippen LogP) is 1.57. The first-order valence-corrected chi connectivity index (χ1v) is 7.44. The molecule has 1 saturated heterocycles. The lowest BCUT2D eigenvalue weighted by Crippen LogP contribution is -2.45. The van der Waals surface area contributed by atoms with Crippen LogP contribution in [0.5, 0.6) is 0 Å². The van der Waals surface area contributed by atoms with E-state index in [0.717, 1.165) is 25.9 Å². The maximum atomic E-state index is 11.8. The number of nitrogens with one attached hydrogen (secondary N) is 1. The normalized spacial score (nSPS) is 17.5. The van der Waals surface area contributed by atoms with Gasteiger partial charge in [0.25, 0.3) is 0 Å². The van der Waals surface area contributed by atoms with Gasteiger partial charge >= 0.3 is 0 Å². The molecule has 128 valence electrons. The second kappa shape index (κ2) is 13.6. The lowest BCUT2D eigenvalue weighted by molar-refractivity contribution is -0.124. The van der Waals surface area contributed by atoms with Gasteiger partial charge in [0, 0.05) is 32.8 Å². The maximum absolute atomic E-state index is 11.8. The zero-order valence-corrected chi connectivity index (χ0v) is 14.8. The molecule has 0 aromatic rings. The number of carbonyl (C=O) groups excluding carboxylic acids is 1. The third-order valence-corrected chi connectivity index (χ3v) is 3.79. The van der Waals surface area contributed by atoms with Crippen LogP contribution < -0.4 is 11.1 Å². The predicted molar refractivity (Wildman–Crippen MR) is 91.5 cm³/mol. The number of likely N-dealkylation sites (tertiary alicyclic amines) is 1. The Kier molecular flexibility index (Phi) is 15.0. The van der Waals surface area contributed by atoms with E-state index in [1.807, 2.05) is 0 Å². The Morgan fingerprint density at radius 3 is 2.48 bits per heavy atom. The van der Waals surface area contributed by atoms with Crippen molar-refractivity contribution in [1.29, 1.82) is 0 Å². The summed E-state index contributed by atoms with van der Waals surface area (Å²) >= 11 is 0. The number of nitrogens with zero attached hydrogens (tertiary/aromatic N) is 1. The zero-order valence-electron chi connectivity index (χ0n) is 13.2. The topological polar surface area (TPSA) is 67.6 Å². The number of unbranched alkanes of at least 4 members (excludes halogenated alkanes) is 1. The standard InChI is InChI=1S/C14H29N3O2.2ClH/c1-3-4-7-17-8-5-12(6-9-17)16-14(18)10-13(11-15)19-2;;/h12-13H,3-11,15H2,1-2H3,(H,16,18);2*1H. The summed E-state index contributed by atoms with van der Waals surface area (Å²) in [5.74, 6) is 0.0595. The molecule has 0 spiro atoms. The van der Waals surface area contributed by atoms with Gasteiger partial charge in [-0.1, -0.05) is 13.3 Å². The van der Waals surface area contributed by atoms with Gasteiger partial charge in [0.2, 0.25) is 5.91 Å². The highest BCUT2D eigenvalue weighted by Crippen LogP contribution is 2.11. The van der Waals surface area contributed by atoms with Crippen molar-refractivity contribution in [3.05, 3.63) is 0 Å². The Bertz CT molecular complexity index is 259. The number of hydrogen-bond donors (Lipinski definition) is 2. The molecule has 1 fully saturated rings. The number of piperidine rings is 1. The second-order valence-electron chi connectivity index (χ2n) is 5.33. The Balaban J connectivity index is 0. The number of amides is 1. The average molecular weight is 344 g/mol. The van der Waals surface area contributed by atoms with Gasteiger partial charge < -0.3 is 20.7 Å². The number of rotatable bonds is 8. The Morgan fingerprint density at radius 1 is 1.38 bits per heavy atom. The highest BCUT2D eigenvalue weighted by molar-refractivity contribution is 5.85. The first-order valence-electron chi connectivity index (χ1n) is 7.44. The zero-order chi connectivity index (χ0) is 14.1. The van der Waals surface area contributed by atoms with Gasteiger partial charge in [-0.3, -0.25) is 4.79 Å². The summed E-state index contributed by atoms with van der Waals surface area (Å²) in [7, 11) is 1.59. The fourth-order valence-corrected chi connectivity index (χ4v) is 2.44. The summed E-state index contributed by atoms with van der Waals surface area (Å²) in [6, 6.07) is 0.320. The molecule has 1 amide bonds. The molecule has 3 N–H and O–H groups in total. The first kappa shape index (κ1) is 23.2. The largest absolute Gasteiger partial charge is 0.380 e. The Labute approximate surface area is 141 Å². The van der Waals surface area contributed by atoms with Crippen LogP contribution in [0, 0.1) is 0 Å². The molecule has 1 aliphatic rings. The van der Waals surface area contributed by atoms with E-state index in [1.54, 1.807) is 7.11 Å². The van der Waals surface area contributed by atoms with Gasteiger partial charge in [-0.25, -0.2) is 0 Å². The molecule has 1 heterocycles. The molecule has 1 unspecified atom stereocenters. The Hall–Kier alpha value is -0.0700. The average Bonchev–Trinajstić information content (AvgIpc) is 2.44. The molecular formula is C14H31Cl2N3O2. The number of nitrogens with two attached hydrogens (primary N) is 1. The van der Waals surface area contributed by atoms with E-state index in [0.29, 0.717) is 19.0 Å². The molecule has 1 aliphatic heterocycles.